The molecule has 2 nitrogen and oxygen atoms in total. The van der Waals surface area contributed by atoms with E-state index in [1.54, 1.807) is 7.11 Å². The average Bonchev–Trinajstić information content (AvgIpc) is 1.88. The Morgan fingerprint density at radius 2 is 2.50 bits per heavy atom. The summed E-state index contributed by atoms with van der Waals surface area (Å²) < 4.78 is 10.2. The summed E-state index contributed by atoms with van der Waals surface area (Å²) in [5, 5.41) is 0. The van der Waals surface area contributed by atoms with E-state index in [0.717, 1.165) is 5.57 Å². The van der Waals surface area contributed by atoms with Crippen molar-refractivity contribution >= 4 is 0 Å². The van der Waals surface area contributed by atoms with Crippen LogP contribution in [0.25, 0.3) is 0 Å². The topological polar surface area (TPSA) is 18.5 Å². The van der Waals surface area contributed by atoms with Crippen LogP contribution in [0.5, 0.6) is 0 Å². The molecule has 0 saturated heterocycles. The van der Waals surface area contributed by atoms with E-state index in [1.807, 2.05) is 13.0 Å². The van der Waals surface area contributed by atoms with Gasteiger partial charge in [-0.2, -0.15) is 0 Å². The molecule has 0 aliphatic carbocycles. The largest absolute Gasteiger partial charge is 0.352 e. The lowest BCUT2D eigenvalue weighted by atomic mass is 10.1. The number of methoxy groups -OCH3 is 1. The molecule has 10 heavy (non-hydrogen) atoms. The highest BCUT2D eigenvalue weighted by Gasteiger charge is 2.14. The molecule has 0 radical (unpaired) electrons. The van der Waals surface area contributed by atoms with Crippen molar-refractivity contribution in [3.05, 3.63) is 23.8 Å². The number of ether oxygens (including phenoxy) is 2. The van der Waals surface area contributed by atoms with E-state index >= 15 is 0 Å². The van der Waals surface area contributed by atoms with E-state index in [2.05, 4.69) is 6.58 Å². The van der Waals surface area contributed by atoms with Gasteiger partial charge in [0.25, 0.3) is 0 Å². The highest BCUT2D eigenvalue weighted by atomic mass is 16.7. The Bertz CT molecular complexity index is 170. The minimum Gasteiger partial charge on any atom is -0.352 e. The van der Waals surface area contributed by atoms with Crippen molar-refractivity contribution in [3.63, 3.8) is 0 Å². The zero-order valence-electron chi connectivity index (χ0n) is 6.39. The summed E-state index contributed by atoms with van der Waals surface area (Å²) in [6, 6.07) is 0. The fraction of sp³-hybridized carbons (Fsp3) is 0.500. The quantitative estimate of drug-likeness (QED) is 0.549. The van der Waals surface area contributed by atoms with Gasteiger partial charge in [-0.1, -0.05) is 12.7 Å². The van der Waals surface area contributed by atoms with Gasteiger partial charge < -0.3 is 9.47 Å². The van der Waals surface area contributed by atoms with Crippen LogP contribution in [0.3, 0.4) is 0 Å². The van der Waals surface area contributed by atoms with E-state index in [1.165, 1.54) is 5.57 Å². The zero-order valence-corrected chi connectivity index (χ0v) is 6.39. The molecule has 1 unspecified atom stereocenters. The van der Waals surface area contributed by atoms with Crippen LogP contribution in [0.15, 0.2) is 23.8 Å². The molecular formula is C8H12O2. The van der Waals surface area contributed by atoms with Gasteiger partial charge in [-0.25, -0.2) is 0 Å². The Morgan fingerprint density at radius 1 is 1.80 bits per heavy atom. The minimum atomic E-state index is -0.233. The zero-order chi connectivity index (χ0) is 7.56. The number of hydrogen-bond acceptors (Lipinski definition) is 2. The molecule has 0 aromatic carbocycles. The Balaban J connectivity index is 2.64. The molecule has 0 amide bonds. The lowest BCUT2D eigenvalue weighted by Crippen LogP contribution is -2.21. The van der Waals surface area contributed by atoms with Crippen LogP contribution in [-0.4, -0.2) is 20.0 Å². The van der Waals surface area contributed by atoms with E-state index in [4.69, 9.17) is 9.47 Å². The van der Waals surface area contributed by atoms with Gasteiger partial charge in [0.1, 0.15) is 0 Å². The predicted octanol–water partition coefficient (Wildman–Crippen LogP) is 1.49. The average molecular weight is 140 g/mol. The molecule has 1 rings (SSSR count). The molecule has 1 aliphatic heterocycles. The van der Waals surface area contributed by atoms with Crippen molar-refractivity contribution in [2.75, 3.05) is 13.7 Å². The van der Waals surface area contributed by atoms with Crippen LogP contribution in [0.1, 0.15) is 6.92 Å². The van der Waals surface area contributed by atoms with Crippen molar-refractivity contribution in [2.45, 2.75) is 13.2 Å². The van der Waals surface area contributed by atoms with Gasteiger partial charge in [-0.15, -0.1) is 0 Å². The summed E-state index contributed by atoms with van der Waals surface area (Å²) >= 11 is 0. The van der Waals surface area contributed by atoms with Gasteiger partial charge in [0.15, 0.2) is 6.29 Å². The smallest absolute Gasteiger partial charge is 0.183 e. The summed E-state index contributed by atoms with van der Waals surface area (Å²) in [4.78, 5) is 0. The first-order chi connectivity index (χ1) is 4.74. The van der Waals surface area contributed by atoms with E-state index < -0.39 is 0 Å². The highest BCUT2D eigenvalue weighted by molar-refractivity contribution is 5.24. The second kappa shape index (κ2) is 2.99. The third-order valence-corrected chi connectivity index (χ3v) is 1.41. The lowest BCUT2D eigenvalue weighted by Gasteiger charge is -2.21. The predicted molar refractivity (Wildman–Crippen MR) is 39.6 cm³/mol. The molecule has 0 bridgehead atoms. The summed E-state index contributed by atoms with van der Waals surface area (Å²) in [5.41, 5.74) is 2.09. The van der Waals surface area contributed by atoms with Gasteiger partial charge in [-0.05, 0) is 12.5 Å². The second-order valence-corrected chi connectivity index (χ2v) is 2.44. The molecule has 0 fully saturated rings. The fourth-order valence-corrected chi connectivity index (χ4v) is 0.960. The summed E-state index contributed by atoms with van der Waals surface area (Å²) in [6.45, 7) is 6.45. The van der Waals surface area contributed by atoms with Crippen molar-refractivity contribution in [3.8, 4) is 0 Å². The Hall–Kier alpha value is -0.600. The number of rotatable bonds is 1. The fourth-order valence-electron chi connectivity index (χ4n) is 0.960. The van der Waals surface area contributed by atoms with Crippen molar-refractivity contribution in [1.82, 2.24) is 0 Å². The van der Waals surface area contributed by atoms with Crippen LogP contribution >= 0.6 is 0 Å². The van der Waals surface area contributed by atoms with Gasteiger partial charge in [0.2, 0.25) is 0 Å². The number of hydrogen-bond donors (Lipinski definition) is 0. The summed E-state index contributed by atoms with van der Waals surface area (Å²) in [5.74, 6) is 0. The van der Waals surface area contributed by atoms with Gasteiger partial charge in [-0.3, -0.25) is 0 Å². The van der Waals surface area contributed by atoms with Crippen LogP contribution in [-0.2, 0) is 9.47 Å². The van der Waals surface area contributed by atoms with E-state index in [0.29, 0.717) is 6.61 Å². The van der Waals surface area contributed by atoms with Crippen molar-refractivity contribution < 1.29 is 9.47 Å². The molecule has 0 aromatic rings. The van der Waals surface area contributed by atoms with Crippen LogP contribution in [0.2, 0.25) is 0 Å². The molecule has 1 aliphatic rings. The minimum absolute atomic E-state index is 0.233. The molecule has 0 aromatic heterocycles. The molecule has 2 heteroatoms. The van der Waals surface area contributed by atoms with Crippen LogP contribution < -0.4 is 0 Å². The third kappa shape index (κ3) is 1.46. The molecule has 56 valence electrons. The van der Waals surface area contributed by atoms with Gasteiger partial charge >= 0.3 is 0 Å². The maximum atomic E-state index is 5.26. The molecule has 1 atom stereocenters. The maximum absolute atomic E-state index is 5.26. The molecular weight excluding hydrogens is 128 g/mol. The summed E-state index contributed by atoms with van der Waals surface area (Å²) in [6.07, 6.45) is 1.76. The Labute approximate surface area is 61.1 Å². The maximum Gasteiger partial charge on any atom is 0.183 e. The van der Waals surface area contributed by atoms with Gasteiger partial charge in [0, 0.05) is 12.7 Å². The monoisotopic (exact) mass is 140 g/mol. The molecule has 1 heterocycles. The van der Waals surface area contributed by atoms with E-state index in [-0.39, 0.29) is 6.29 Å². The standard InChI is InChI=1S/C8H12O2/c1-6-4-7(2)8(9-3)10-5-6/h4,8H,2,5H2,1,3H3. The SMILES string of the molecule is C=C1C=C(C)COC1OC. The van der Waals surface area contributed by atoms with Gasteiger partial charge in [0.05, 0.1) is 6.61 Å². The molecule has 0 saturated carbocycles. The first kappa shape index (κ1) is 7.51. The van der Waals surface area contributed by atoms with Crippen molar-refractivity contribution in [2.24, 2.45) is 0 Å². The van der Waals surface area contributed by atoms with Crippen LogP contribution in [0, 0.1) is 0 Å². The molecule has 0 N–H and O–H groups in total. The Morgan fingerprint density at radius 3 is 3.00 bits per heavy atom. The normalized spacial score (nSPS) is 26.4. The third-order valence-electron chi connectivity index (χ3n) is 1.41. The lowest BCUT2D eigenvalue weighted by molar-refractivity contribution is -0.0923. The highest BCUT2D eigenvalue weighted by Crippen LogP contribution is 2.16. The Kier molecular flexibility index (Phi) is 2.25. The first-order valence-electron chi connectivity index (χ1n) is 3.24. The summed E-state index contributed by atoms with van der Waals surface area (Å²) in [7, 11) is 1.62. The van der Waals surface area contributed by atoms with Crippen molar-refractivity contribution in [1.29, 1.82) is 0 Å². The second-order valence-electron chi connectivity index (χ2n) is 2.44. The van der Waals surface area contributed by atoms with Crippen LogP contribution in [0.4, 0.5) is 0 Å². The first-order valence-corrected chi connectivity index (χ1v) is 3.24. The molecule has 0 spiro atoms. The van der Waals surface area contributed by atoms with E-state index in [9.17, 15) is 0 Å².